The molecule has 3 rings (SSSR count). The van der Waals surface area contributed by atoms with Crippen molar-refractivity contribution in [2.24, 2.45) is 5.10 Å². The molecule has 1 heterocycles. The third kappa shape index (κ3) is 3.59. The first-order valence-electron chi connectivity index (χ1n) is 8.35. The minimum absolute atomic E-state index is 0.152. The van der Waals surface area contributed by atoms with Crippen molar-refractivity contribution in [1.29, 1.82) is 0 Å². The molecule has 0 radical (unpaired) electrons. The van der Waals surface area contributed by atoms with Gasteiger partial charge in [0.25, 0.3) is 0 Å². The molecule has 0 unspecified atom stereocenters. The second-order valence-corrected chi connectivity index (χ2v) is 7.28. The molecule has 2 aromatic carbocycles. The van der Waals surface area contributed by atoms with Crippen LogP contribution in [0.1, 0.15) is 30.5 Å². The van der Waals surface area contributed by atoms with Gasteiger partial charge in [-0.1, -0.05) is 42.8 Å². The van der Waals surface area contributed by atoms with Gasteiger partial charge >= 0.3 is 0 Å². The average molecular weight is 358 g/mol. The van der Waals surface area contributed by atoms with Crippen LogP contribution in [0, 0.1) is 0 Å². The quantitative estimate of drug-likeness (QED) is 0.636. The Hall–Kier alpha value is -2.20. The number of halogens is 1. The lowest BCUT2D eigenvalue weighted by Gasteiger charge is -2.39. The maximum absolute atomic E-state index is 6.05. The van der Waals surface area contributed by atoms with Crippen LogP contribution in [0.5, 0.6) is 5.75 Å². The van der Waals surface area contributed by atoms with E-state index in [9.17, 15) is 0 Å². The Bertz CT molecular complexity index is 773. The van der Waals surface area contributed by atoms with Crippen LogP contribution in [0.3, 0.4) is 0 Å². The molecule has 25 heavy (non-hydrogen) atoms. The maximum Gasteiger partial charge on any atom is 0.142 e. The van der Waals surface area contributed by atoms with E-state index in [2.05, 4.69) is 35.5 Å². The number of benzene rings is 2. The summed E-state index contributed by atoms with van der Waals surface area (Å²) in [4.78, 5) is 0. The zero-order valence-corrected chi connectivity index (χ0v) is 15.8. The van der Waals surface area contributed by atoms with Crippen LogP contribution in [-0.2, 0) is 5.41 Å². The molecule has 0 fully saturated rings. The van der Waals surface area contributed by atoms with E-state index >= 15 is 0 Å². The molecular weight excluding hydrogens is 334 g/mol. The van der Waals surface area contributed by atoms with E-state index in [0.717, 1.165) is 22.9 Å². The van der Waals surface area contributed by atoms with Crippen molar-refractivity contribution >= 4 is 23.5 Å². The van der Waals surface area contributed by atoms with Gasteiger partial charge in [-0.05, 0) is 35.7 Å². The highest BCUT2D eigenvalue weighted by molar-refractivity contribution is 6.30. The third-order valence-corrected chi connectivity index (χ3v) is 4.91. The van der Waals surface area contributed by atoms with Gasteiger partial charge in [0.05, 0.1) is 18.8 Å². The van der Waals surface area contributed by atoms with Crippen LogP contribution in [-0.4, -0.2) is 32.4 Å². The normalized spacial score (nSPS) is 22.4. The largest absolute Gasteiger partial charge is 0.495 e. The number of methoxy groups -OCH3 is 1. The molecule has 5 heteroatoms. The van der Waals surface area contributed by atoms with Crippen LogP contribution in [0.15, 0.2) is 47.6 Å². The Morgan fingerprint density at radius 2 is 1.96 bits per heavy atom. The fourth-order valence-electron chi connectivity index (χ4n) is 3.35. The van der Waals surface area contributed by atoms with Crippen LogP contribution in [0.4, 0.5) is 5.69 Å². The number of hydrogen-bond donors (Lipinski definition) is 1. The Morgan fingerprint density at radius 3 is 2.60 bits per heavy atom. The summed E-state index contributed by atoms with van der Waals surface area (Å²) in [5.41, 5.74) is 3.22. The molecule has 1 aliphatic heterocycles. The molecule has 1 N–H and O–H groups in total. The van der Waals surface area contributed by atoms with E-state index in [1.165, 1.54) is 11.1 Å². The molecule has 1 aliphatic rings. The second-order valence-electron chi connectivity index (χ2n) is 6.84. The molecule has 4 nitrogen and oxygen atoms in total. The third-order valence-electron chi connectivity index (χ3n) is 4.65. The summed E-state index contributed by atoms with van der Waals surface area (Å²) in [6, 6.07) is 14.3. The molecule has 0 aliphatic carbocycles. The van der Waals surface area contributed by atoms with Gasteiger partial charge < -0.3 is 15.1 Å². The van der Waals surface area contributed by atoms with E-state index in [-0.39, 0.29) is 11.5 Å². The first-order valence-corrected chi connectivity index (χ1v) is 8.73. The summed E-state index contributed by atoms with van der Waals surface area (Å²) >= 11 is 6.05. The van der Waals surface area contributed by atoms with Crippen molar-refractivity contribution in [2.75, 3.05) is 26.5 Å². The SMILES string of the molecule is COc1cccc2c1N[C@H](c1ccc(Cl)cc1)C[C@]2(C)/C=N/N(C)C. The first-order chi connectivity index (χ1) is 11.9. The van der Waals surface area contributed by atoms with Crippen LogP contribution >= 0.6 is 11.6 Å². The van der Waals surface area contributed by atoms with E-state index in [0.29, 0.717) is 0 Å². The summed E-state index contributed by atoms with van der Waals surface area (Å²) in [6.07, 6.45) is 2.93. The highest BCUT2D eigenvalue weighted by Gasteiger charge is 2.37. The van der Waals surface area contributed by atoms with Crippen LogP contribution in [0.2, 0.25) is 5.02 Å². The van der Waals surface area contributed by atoms with Crippen molar-refractivity contribution in [3.8, 4) is 5.75 Å². The minimum Gasteiger partial charge on any atom is -0.495 e. The number of rotatable bonds is 4. The van der Waals surface area contributed by atoms with Gasteiger partial charge in [-0.3, -0.25) is 0 Å². The monoisotopic (exact) mass is 357 g/mol. The topological polar surface area (TPSA) is 36.9 Å². The van der Waals surface area contributed by atoms with Gasteiger partial charge in [-0.2, -0.15) is 5.10 Å². The predicted octanol–water partition coefficient (Wildman–Crippen LogP) is 4.71. The van der Waals surface area contributed by atoms with E-state index in [1.54, 1.807) is 7.11 Å². The molecule has 2 atom stereocenters. The smallest absolute Gasteiger partial charge is 0.142 e. The summed E-state index contributed by atoms with van der Waals surface area (Å²) in [6.45, 7) is 2.22. The number of fused-ring (bicyclic) bond motifs is 1. The zero-order chi connectivity index (χ0) is 18.0. The summed E-state index contributed by atoms with van der Waals surface area (Å²) in [5.74, 6) is 0.848. The average Bonchev–Trinajstić information content (AvgIpc) is 2.60. The van der Waals surface area contributed by atoms with Gasteiger partial charge in [0.2, 0.25) is 0 Å². The summed E-state index contributed by atoms with van der Waals surface area (Å²) in [5, 5.41) is 10.8. The molecule has 0 bridgehead atoms. The predicted molar refractivity (Wildman–Crippen MR) is 105 cm³/mol. The lowest BCUT2D eigenvalue weighted by molar-refractivity contribution is 0.407. The number of anilines is 1. The fourth-order valence-corrected chi connectivity index (χ4v) is 3.47. The van der Waals surface area contributed by atoms with Crippen LogP contribution < -0.4 is 10.1 Å². The molecule has 0 spiro atoms. The Balaban J connectivity index is 2.08. The van der Waals surface area contributed by atoms with Crippen molar-refractivity contribution in [1.82, 2.24) is 5.01 Å². The van der Waals surface area contributed by atoms with Gasteiger partial charge in [-0.25, -0.2) is 0 Å². The van der Waals surface area contributed by atoms with Crippen molar-refractivity contribution in [3.63, 3.8) is 0 Å². The van der Waals surface area contributed by atoms with Gasteiger partial charge in [0.15, 0.2) is 0 Å². The van der Waals surface area contributed by atoms with Gasteiger partial charge in [0, 0.05) is 30.7 Å². The molecule has 0 saturated heterocycles. The zero-order valence-electron chi connectivity index (χ0n) is 15.1. The molecule has 0 aromatic heterocycles. The molecule has 2 aromatic rings. The molecule has 132 valence electrons. The molecular formula is C20H24ClN3O. The van der Waals surface area contributed by atoms with Crippen molar-refractivity contribution < 1.29 is 4.74 Å². The minimum atomic E-state index is -0.205. The van der Waals surface area contributed by atoms with E-state index in [1.807, 2.05) is 49.6 Å². The van der Waals surface area contributed by atoms with Crippen LogP contribution in [0.25, 0.3) is 0 Å². The van der Waals surface area contributed by atoms with Crippen molar-refractivity contribution in [2.45, 2.75) is 24.8 Å². The molecule has 0 saturated carbocycles. The number of ether oxygens (including phenoxy) is 1. The van der Waals surface area contributed by atoms with E-state index < -0.39 is 0 Å². The maximum atomic E-state index is 6.05. The Kier molecular flexibility index (Phi) is 4.91. The number of para-hydroxylation sites is 1. The lowest BCUT2D eigenvalue weighted by Crippen LogP contribution is -2.35. The van der Waals surface area contributed by atoms with Gasteiger partial charge in [-0.15, -0.1) is 0 Å². The Morgan fingerprint density at radius 1 is 1.24 bits per heavy atom. The second kappa shape index (κ2) is 6.96. The van der Waals surface area contributed by atoms with Crippen molar-refractivity contribution in [3.05, 3.63) is 58.6 Å². The highest BCUT2D eigenvalue weighted by Crippen LogP contribution is 2.47. The standard InChI is InChI=1S/C20H24ClN3O/c1-20(13-22-24(2)3)12-17(14-8-10-15(21)11-9-14)23-19-16(20)6-5-7-18(19)25-4/h5-11,13,17,23H,12H2,1-4H3/b22-13+/t17-,20+/m0/s1. The first kappa shape index (κ1) is 17.6. The number of nitrogens with one attached hydrogen (secondary N) is 1. The summed E-state index contributed by atoms with van der Waals surface area (Å²) < 4.78 is 5.60. The summed E-state index contributed by atoms with van der Waals surface area (Å²) in [7, 11) is 5.57. The number of hydrogen-bond acceptors (Lipinski definition) is 4. The Labute approximate surface area is 154 Å². The number of nitrogens with zero attached hydrogens (tertiary/aromatic N) is 2. The fraction of sp³-hybridized carbons (Fsp3) is 0.350. The molecule has 0 amide bonds. The van der Waals surface area contributed by atoms with Gasteiger partial charge in [0.1, 0.15) is 5.75 Å². The highest BCUT2D eigenvalue weighted by atomic mass is 35.5. The van der Waals surface area contributed by atoms with E-state index in [4.69, 9.17) is 16.3 Å². The number of hydrazone groups is 1. The lowest BCUT2D eigenvalue weighted by atomic mass is 9.73.